The van der Waals surface area contributed by atoms with Gasteiger partial charge in [0, 0.05) is 0 Å². The molecule has 2 atom stereocenters. The smallest absolute Gasteiger partial charge is 0.416 e. The molecule has 10 heteroatoms. The van der Waals surface area contributed by atoms with Crippen LogP contribution in [0.1, 0.15) is 31.4 Å². The Morgan fingerprint density at radius 2 is 1.92 bits per heavy atom. The molecule has 1 aromatic heterocycles. The van der Waals surface area contributed by atoms with Gasteiger partial charge in [-0.3, -0.25) is 0 Å². The number of nitrogens with one attached hydrogen (secondary N) is 1. The molecule has 136 valence electrons. The van der Waals surface area contributed by atoms with Crippen molar-refractivity contribution < 1.29 is 22.3 Å². The normalized spacial score (nSPS) is 14.0. The highest BCUT2D eigenvalue weighted by atomic mass is 19.4. The molecule has 6 nitrogen and oxygen atoms in total. The van der Waals surface area contributed by atoms with E-state index in [4.69, 9.17) is 10.5 Å². The van der Waals surface area contributed by atoms with Crippen molar-refractivity contribution in [3.05, 3.63) is 35.7 Å². The van der Waals surface area contributed by atoms with Crippen LogP contribution in [0.2, 0.25) is 0 Å². The number of ether oxygens (including phenoxy) is 1. The first kappa shape index (κ1) is 18.7. The first-order chi connectivity index (χ1) is 11.6. The van der Waals surface area contributed by atoms with Gasteiger partial charge in [0.15, 0.2) is 12.0 Å². The Morgan fingerprint density at radius 3 is 2.56 bits per heavy atom. The lowest BCUT2D eigenvalue weighted by Gasteiger charge is -2.16. The van der Waals surface area contributed by atoms with Gasteiger partial charge in [-0.1, -0.05) is 6.07 Å². The minimum absolute atomic E-state index is 0.0351. The van der Waals surface area contributed by atoms with E-state index in [1.165, 1.54) is 19.1 Å². The molecular formula is C15H17F4N5O. The van der Waals surface area contributed by atoms with Crippen LogP contribution in [-0.4, -0.2) is 27.6 Å². The van der Waals surface area contributed by atoms with E-state index in [1.807, 2.05) is 0 Å². The van der Waals surface area contributed by atoms with Gasteiger partial charge >= 0.3 is 6.18 Å². The fourth-order valence-electron chi connectivity index (χ4n) is 1.90. The van der Waals surface area contributed by atoms with Gasteiger partial charge in [-0.25, -0.2) is 4.39 Å². The zero-order chi connectivity index (χ0) is 18.6. The van der Waals surface area contributed by atoms with Crippen LogP contribution in [0.5, 0.6) is 5.75 Å². The number of benzene rings is 1. The number of rotatable bonds is 6. The molecule has 25 heavy (non-hydrogen) atoms. The van der Waals surface area contributed by atoms with E-state index in [9.17, 15) is 17.6 Å². The third-order valence-electron chi connectivity index (χ3n) is 3.06. The molecule has 0 saturated carbocycles. The van der Waals surface area contributed by atoms with Crippen molar-refractivity contribution >= 4 is 11.9 Å². The van der Waals surface area contributed by atoms with Crippen molar-refractivity contribution in [2.45, 2.75) is 32.2 Å². The molecular weight excluding hydrogens is 342 g/mol. The van der Waals surface area contributed by atoms with E-state index in [1.54, 1.807) is 6.92 Å². The summed E-state index contributed by atoms with van der Waals surface area (Å²) < 4.78 is 56.6. The average molecular weight is 359 g/mol. The number of anilines is 2. The Kier molecular flexibility index (Phi) is 5.60. The number of nitrogen functional groups attached to an aromatic ring is 1. The minimum atomic E-state index is -4.44. The van der Waals surface area contributed by atoms with Gasteiger partial charge in [0.05, 0.1) is 11.6 Å². The standard InChI is InChI=1S/C15H17F4N5O/c1-8(21-14-23-12(9(2)16)22-13(20)24-14)7-25-11-5-3-4-10(6-11)15(17,18)19/h3-6,8-9H,7H2,1-2H3,(H3,20,21,22,23,24). The fraction of sp³-hybridized carbons (Fsp3) is 0.400. The molecule has 1 heterocycles. The number of nitrogens with two attached hydrogens (primary N) is 1. The van der Waals surface area contributed by atoms with Gasteiger partial charge in [-0.2, -0.15) is 28.1 Å². The fourth-order valence-corrected chi connectivity index (χ4v) is 1.90. The summed E-state index contributed by atoms with van der Waals surface area (Å²) in [6, 6.07) is 4.18. The molecule has 3 N–H and O–H groups in total. The largest absolute Gasteiger partial charge is 0.491 e. The number of nitrogens with zero attached hydrogens (tertiary/aromatic N) is 3. The highest BCUT2D eigenvalue weighted by molar-refractivity contribution is 5.33. The monoisotopic (exact) mass is 359 g/mol. The molecule has 2 aromatic rings. The number of halogens is 4. The Hall–Kier alpha value is -2.65. The Balaban J connectivity index is 1.98. The van der Waals surface area contributed by atoms with E-state index in [0.29, 0.717) is 0 Å². The summed E-state index contributed by atoms with van der Waals surface area (Å²) in [6.07, 6.45) is -5.85. The van der Waals surface area contributed by atoms with E-state index in [-0.39, 0.29) is 36.1 Å². The van der Waals surface area contributed by atoms with E-state index in [0.717, 1.165) is 12.1 Å². The maximum Gasteiger partial charge on any atom is 0.416 e. The lowest BCUT2D eigenvalue weighted by Crippen LogP contribution is -2.25. The van der Waals surface area contributed by atoms with Crippen molar-refractivity contribution in [1.29, 1.82) is 0 Å². The Labute approximate surface area is 141 Å². The second-order valence-corrected chi connectivity index (χ2v) is 5.37. The van der Waals surface area contributed by atoms with Crippen LogP contribution in [0.25, 0.3) is 0 Å². The van der Waals surface area contributed by atoms with Crippen molar-refractivity contribution in [2.24, 2.45) is 0 Å². The second-order valence-electron chi connectivity index (χ2n) is 5.37. The van der Waals surface area contributed by atoms with E-state index >= 15 is 0 Å². The van der Waals surface area contributed by atoms with Gasteiger partial charge in [-0.15, -0.1) is 0 Å². The van der Waals surface area contributed by atoms with E-state index < -0.39 is 17.9 Å². The van der Waals surface area contributed by atoms with Crippen LogP contribution in [-0.2, 0) is 6.18 Å². The summed E-state index contributed by atoms with van der Waals surface area (Å²) >= 11 is 0. The summed E-state index contributed by atoms with van der Waals surface area (Å²) in [5.41, 5.74) is 4.69. The third kappa shape index (κ3) is 5.44. The van der Waals surface area contributed by atoms with Crippen LogP contribution in [0.3, 0.4) is 0 Å². The molecule has 0 radical (unpaired) electrons. The lowest BCUT2D eigenvalue weighted by atomic mass is 10.2. The Morgan fingerprint density at radius 1 is 1.20 bits per heavy atom. The summed E-state index contributed by atoms with van der Waals surface area (Å²) in [6.45, 7) is 3.00. The number of alkyl halides is 4. The van der Waals surface area contributed by atoms with Gasteiger partial charge in [0.25, 0.3) is 0 Å². The van der Waals surface area contributed by atoms with Crippen LogP contribution < -0.4 is 15.8 Å². The lowest BCUT2D eigenvalue weighted by molar-refractivity contribution is -0.137. The van der Waals surface area contributed by atoms with Gasteiger partial charge in [0.1, 0.15) is 12.4 Å². The topological polar surface area (TPSA) is 86.0 Å². The molecule has 1 aromatic carbocycles. The molecule has 0 saturated heterocycles. The van der Waals surface area contributed by atoms with E-state index in [2.05, 4.69) is 20.3 Å². The average Bonchev–Trinajstić information content (AvgIpc) is 2.52. The van der Waals surface area contributed by atoms with Gasteiger partial charge < -0.3 is 15.8 Å². The number of hydrogen-bond acceptors (Lipinski definition) is 6. The van der Waals surface area contributed by atoms with Gasteiger partial charge in [-0.05, 0) is 32.0 Å². The summed E-state index contributed by atoms with van der Waals surface area (Å²) in [7, 11) is 0. The predicted molar refractivity (Wildman–Crippen MR) is 83.8 cm³/mol. The second kappa shape index (κ2) is 7.49. The van der Waals surface area contributed by atoms with Crippen molar-refractivity contribution in [3.8, 4) is 5.75 Å². The maximum absolute atomic E-state index is 13.3. The third-order valence-corrected chi connectivity index (χ3v) is 3.06. The zero-order valence-corrected chi connectivity index (χ0v) is 13.5. The molecule has 2 rings (SSSR count). The minimum Gasteiger partial charge on any atom is -0.491 e. The molecule has 0 aliphatic rings. The predicted octanol–water partition coefficient (Wildman–Crippen LogP) is 3.38. The summed E-state index contributed by atoms with van der Waals surface area (Å²) in [5, 5.41) is 2.84. The highest BCUT2D eigenvalue weighted by Gasteiger charge is 2.30. The highest BCUT2D eigenvalue weighted by Crippen LogP contribution is 2.31. The summed E-state index contributed by atoms with van der Waals surface area (Å²) in [5.74, 6) is -0.104. The molecule has 0 aliphatic carbocycles. The molecule has 0 spiro atoms. The number of aromatic nitrogens is 3. The first-order valence-corrected chi connectivity index (χ1v) is 7.37. The summed E-state index contributed by atoms with van der Waals surface area (Å²) in [4.78, 5) is 11.4. The van der Waals surface area contributed by atoms with Crippen LogP contribution in [0, 0.1) is 0 Å². The van der Waals surface area contributed by atoms with Gasteiger partial charge in [0.2, 0.25) is 11.9 Å². The molecule has 0 bridgehead atoms. The number of hydrogen-bond donors (Lipinski definition) is 2. The maximum atomic E-state index is 13.3. The van der Waals surface area contributed by atoms with Crippen LogP contribution in [0.15, 0.2) is 24.3 Å². The molecule has 2 unspecified atom stereocenters. The molecule has 0 fully saturated rings. The van der Waals surface area contributed by atoms with Crippen molar-refractivity contribution in [2.75, 3.05) is 17.7 Å². The Bertz CT molecular complexity index is 723. The molecule has 0 aliphatic heterocycles. The zero-order valence-electron chi connectivity index (χ0n) is 13.5. The molecule has 0 amide bonds. The first-order valence-electron chi connectivity index (χ1n) is 7.37. The quantitative estimate of drug-likeness (QED) is 0.769. The van der Waals surface area contributed by atoms with Crippen LogP contribution >= 0.6 is 0 Å². The van der Waals surface area contributed by atoms with Crippen molar-refractivity contribution in [1.82, 2.24) is 15.0 Å². The van der Waals surface area contributed by atoms with Crippen molar-refractivity contribution in [3.63, 3.8) is 0 Å². The SMILES string of the molecule is CC(COc1cccc(C(F)(F)F)c1)Nc1nc(N)nc(C(C)F)n1. The van der Waals surface area contributed by atoms with Crippen LogP contribution in [0.4, 0.5) is 29.5 Å².